The standard InChI is InChI=1S/C16H18N4O4.C14H12N4O3.C12H8N4O3.C10H12N2O2S.C6H8N2O2.C6H7N.C4H5NO2S.5C2H6.4HI.V/c1-3-23-14(21)12-10-17-20(11-12)15(19-16(22)24-4-2)18-13-8-6-5-7-9-13;1-2-21-13(20)9-7-15-18(8-9)14-16-11-6-4-3-5-10(11)12(19)17-14;17-10-8-3-1-2-4-9(8)14-12(15-10)16-6-7(5-13-16)11(18)19;1-2-14-10(13)12-9(15)11-8-6-4-3-5-7-8;1-2-10-6(9)5-3-7-8-4-5;7-6-4-2-1-3-5-6;1-2-7-4(6)5-3-8;5*1-2;;;;;/h5-11H,3-4H2,1-2H3,(H,18,19,22);3-8H,2H2,1H3,(H,16,17,19);1-6H,(H,18,19)(H,14,15,17);3-7H,2H2,1H3,(H2,11,12,13,15);3-4H,2H2,1H3,(H,7,8);1-5H,7H2;2H2,1H3;5*1-2H3;4*1H;/q;;;;;;;;;;;;;;;;+3/p-3. The van der Waals surface area contributed by atoms with Crippen LogP contribution in [0.3, 0.4) is 0 Å². The second-order valence-electron chi connectivity index (χ2n) is 19.6. The number of fused-ring (bicyclic) bond motifs is 2. The molecule has 11 rings (SSSR count). The Morgan fingerprint density at radius 2 is 0.908 bits per heavy atom. The average Bonchev–Trinajstić information content (AvgIpc) is 1.80. The number of carbonyl (C=O) groups is 7. The molecule has 0 spiro atoms. The number of halogens is 4. The van der Waals surface area contributed by atoms with E-state index >= 15 is 0 Å². The SMILES string of the molecule is CC.CC.CC.CC.CC.CCOC(=O)N=C=S.CCOC(=O)NC(=Nc1ccccc1)n1cc(C(=O)OCC)cn1.CCOC(=O)NC(=S)Nc1ccccc1.CCOC(=O)c1cn[nH]c1.CCOC(=O)c1cnn(-c2nc3ccccc3c(=O)[nH]2)c1.I.Nc1ccccc1.O=C(O)c1cnn(-c2nc3ccccc3c(=O)[nH]2)c1.[I][V]([I])[I]. The summed E-state index contributed by atoms with van der Waals surface area (Å²) in [4.78, 5) is 122. The molecule has 0 unspecified atom stereocenters. The van der Waals surface area contributed by atoms with Crippen LogP contribution in [0.5, 0.6) is 0 Å². The molecular weight excluding hydrogens is 2070 g/mol. The quantitative estimate of drug-likeness (QED) is 0.00953. The summed E-state index contributed by atoms with van der Waals surface area (Å²) in [6.07, 6.45) is 9.10. The number of amides is 3. The minimum absolute atomic E-state index is 0. The van der Waals surface area contributed by atoms with Gasteiger partial charge in [-0.2, -0.15) is 20.4 Å². The normalized spacial score (nSPS) is 9.29. The summed E-state index contributed by atoms with van der Waals surface area (Å²) in [5.74, 6) is -1.86. The number of carboxylic acids is 1. The summed E-state index contributed by atoms with van der Waals surface area (Å²) in [7, 11) is 0. The molecule has 6 heterocycles. The first kappa shape index (κ1) is 113. The summed E-state index contributed by atoms with van der Waals surface area (Å²) in [6.45, 7) is 32.1. The van der Waals surface area contributed by atoms with Gasteiger partial charge in [0.2, 0.25) is 17.9 Å². The van der Waals surface area contributed by atoms with Crippen molar-refractivity contribution in [3.8, 4) is 11.9 Å². The predicted molar refractivity (Wildman–Crippen MR) is 504 cm³/mol. The number of aliphatic imine (C=N–C) groups is 2. The number of esters is 3. The van der Waals surface area contributed by atoms with E-state index in [9.17, 15) is 43.2 Å². The number of hydrogen-bond acceptors (Lipinski definition) is 25. The molecule has 0 aliphatic rings. The second kappa shape index (κ2) is 70.8. The fourth-order valence-corrected chi connectivity index (χ4v) is 7.89. The number of aromatic carboxylic acids is 1. The van der Waals surface area contributed by atoms with E-state index in [4.69, 9.17) is 37.3 Å². The molecule has 0 saturated carbocycles. The molecule has 0 fully saturated rings. The monoisotopic (exact) mass is 2170 g/mol. The van der Waals surface area contributed by atoms with Crippen LogP contribution in [0, 0.1) is 0 Å². The second-order valence-corrected chi connectivity index (χ2v) is 55.5. The number of isothiocyanates is 1. The Bertz CT molecular complexity index is 4890. The number of ether oxygens (including phenoxy) is 6. The Balaban J connectivity index is -0.00000132. The fraction of sp³-hybridized carbons (Fsp3) is 0.282. The number of hydrogen-bond donors (Lipinski definition) is 8. The Kier molecular flexibility index (Phi) is 67.1. The molecular formula is C78H101I4N18O16S2V. The van der Waals surface area contributed by atoms with Crippen LogP contribution in [-0.2, 0) is 33.3 Å². The van der Waals surface area contributed by atoms with Gasteiger partial charge in [-0.3, -0.25) is 35.3 Å². The van der Waals surface area contributed by atoms with Crippen molar-refractivity contribution in [1.29, 1.82) is 0 Å². The van der Waals surface area contributed by atoms with Crippen molar-refractivity contribution in [3.05, 3.63) is 232 Å². The number of para-hydroxylation sites is 5. The molecule has 0 bridgehead atoms. The number of anilines is 2. The van der Waals surface area contributed by atoms with Gasteiger partial charge in [0.1, 0.15) is 0 Å². The summed E-state index contributed by atoms with van der Waals surface area (Å²) >= 11 is 16.4. The van der Waals surface area contributed by atoms with Gasteiger partial charge in [-0.15, -0.1) is 29.0 Å². The number of nitrogen functional groups attached to an aromatic ring is 1. The predicted octanol–water partition coefficient (Wildman–Crippen LogP) is 18.1. The molecule has 0 aliphatic heterocycles. The Hall–Kier alpha value is -10.2. The summed E-state index contributed by atoms with van der Waals surface area (Å²) in [5.41, 5.74) is 9.17. The number of H-pyrrole nitrogens is 3. The van der Waals surface area contributed by atoms with Crippen LogP contribution in [0.15, 0.2) is 209 Å². The van der Waals surface area contributed by atoms with Gasteiger partial charge in [0.15, 0.2) is 5.11 Å². The van der Waals surface area contributed by atoms with E-state index in [0.717, 1.165) is 11.4 Å². The number of nitrogens with zero attached hydrogens (tertiary/aromatic N) is 11. The third-order valence-corrected chi connectivity index (χ3v) is 12.4. The average molecular weight is 2170 g/mol. The first-order chi connectivity index (χ1) is 57.0. The molecule has 34 nitrogen and oxygen atoms in total. The fourth-order valence-electron chi connectivity index (χ4n) is 7.62. The van der Waals surface area contributed by atoms with Gasteiger partial charge in [-0.1, -0.05) is 148 Å². The van der Waals surface area contributed by atoms with E-state index in [1.54, 1.807) is 102 Å². The Labute approximate surface area is 755 Å². The maximum atomic E-state index is 12.0. The number of alkyl carbamates (subject to hydrolysis) is 2. The van der Waals surface area contributed by atoms with Crippen molar-refractivity contribution in [2.45, 2.75) is 111 Å². The van der Waals surface area contributed by atoms with Gasteiger partial charge in [-0.05, 0) is 127 Å². The number of benzene rings is 5. The van der Waals surface area contributed by atoms with Gasteiger partial charge < -0.3 is 44.6 Å². The third-order valence-electron chi connectivity index (χ3n) is 12.1. The molecule has 6 aromatic heterocycles. The Morgan fingerprint density at radius 1 is 0.521 bits per heavy atom. The van der Waals surface area contributed by atoms with Crippen LogP contribution in [0.4, 0.5) is 31.4 Å². The molecule has 9 N–H and O–H groups in total. The zero-order valence-electron chi connectivity index (χ0n) is 68.5. The number of carboxylic acid groups (broad SMARTS) is 1. The first-order valence-electron chi connectivity index (χ1n) is 36.5. The van der Waals surface area contributed by atoms with Crippen molar-refractivity contribution in [2.75, 3.05) is 50.7 Å². The number of aromatic nitrogens is 12. The van der Waals surface area contributed by atoms with Crippen LogP contribution in [0.2, 0.25) is 0 Å². The van der Waals surface area contributed by atoms with Crippen LogP contribution in [0.1, 0.15) is 152 Å². The van der Waals surface area contributed by atoms with E-state index < -0.39 is 36.2 Å². The van der Waals surface area contributed by atoms with E-state index in [0.29, 0.717) is 58.4 Å². The molecule has 5 aromatic carbocycles. The number of aromatic amines is 3. The van der Waals surface area contributed by atoms with Gasteiger partial charge >= 0.3 is 107 Å². The zero-order valence-corrected chi connectivity index (χ0v) is 80.3. The number of carbonyl (C=O) groups excluding carboxylic acids is 6. The van der Waals surface area contributed by atoms with Crippen LogP contribution < -0.4 is 32.8 Å². The van der Waals surface area contributed by atoms with Crippen LogP contribution in [0.25, 0.3) is 33.7 Å². The molecule has 0 aliphatic carbocycles. The van der Waals surface area contributed by atoms with E-state index in [1.165, 1.54) is 63.6 Å². The number of rotatable bonds is 14. The molecule has 0 radical (unpaired) electrons. The molecule has 0 atom stereocenters. The Morgan fingerprint density at radius 3 is 1.31 bits per heavy atom. The van der Waals surface area contributed by atoms with E-state index in [1.807, 2.05) is 153 Å². The van der Waals surface area contributed by atoms with E-state index in [2.05, 4.69) is 158 Å². The van der Waals surface area contributed by atoms with Crippen LogP contribution in [-0.4, -0.2) is 163 Å². The van der Waals surface area contributed by atoms with Gasteiger partial charge in [-0.25, -0.2) is 62.6 Å². The topological polar surface area (TPSA) is 456 Å². The van der Waals surface area contributed by atoms with Gasteiger partial charge in [0.05, 0.1) is 119 Å². The number of thiocarbonyl (C=S) groups is 2. The summed E-state index contributed by atoms with van der Waals surface area (Å²) in [5, 5.41) is 37.7. The van der Waals surface area contributed by atoms with Crippen molar-refractivity contribution in [3.63, 3.8) is 0 Å². The minimum atomic E-state index is -1.09. The van der Waals surface area contributed by atoms with Crippen molar-refractivity contribution < 1.29 is 72.0 Å². The zero-order chi connectivity index (χ0) is 89.2. The molecule has 644 valence electrons. The summed E-state index contributed by atoms with van der Waals surface area (Å²) < 4.78 is 32.2. The van der Waals surface area contributed by atoms with Gasteiger partial charge in [0.25, 0.3) is 11.1 Å². The molecule has 0 saturated heterocycles. The number of nitrogens with two attached hydrogens (primary N) is 1. The van der Waals surface area contributed by atoms with Crippen LogP contribution >= 0.6 is 108 Å². The van der Waals surface area contributed by atoms with E-state index in [-0.39, 0.29) is 99.9 Å². The number of nitrogens with one attached hydrogen (secondary N) is 6. The first-order valence-corrected chi connectivity index (χ1v) is 50.9. The molecule has 11 aromatic rings. The molecule has 3 amide bonds. The molecule has 41 heteroatoms. The van der Waals surface area contributed by atoms with Gasteiger partial charge in [0, 0.05) is 36.2 Å². The van der Waals surface area contributed by atoms with Crippen molar-refractivity contribution in [2.24, 2.45) is 9.98 Å². The van der Waals surface area contributed by atoms with Crippen molar-refractivity contribution in [1.82, 2.24) is 70.1 Å². The van der Waals surface area contributed by atoms with Crippen molar-refractivity contribution >= 4 is 206 Å². The summed E-state index contributed by atoms with van der Waals surface area (Å²) in [6, 6.07) is 41.7. The maximum absolute atomic E-state index is 12.0. The third kappa shape index (κ3) is 47.8. The molecule has 119 heavy (non-hydrogen) atoms.